The Bertz CT molecular complexity index is 399. The van der Waals surface area contributed by atoms with Crippen molar-refractivity contribution in [2.75, 3.05) is 29.9 Å². The zero-order valence-corrected chi connectivity index (χ0v) is 10.4. The van der Waals surface area contributed by atoms with Crippen molar-refractivity contribution in [3.8, 4) is 5.75 Å². The van der Waals surface area contributed by atoms with E-state index in [1.165, 1.54) is 38.0 Å². The van der Waals surface area contributed by atoms with E-state index in [-0.39, 0.29) is 6.10 Å². The molecule has 0 aromatic heterocycles. The number of fused-ring (bicyclic) bond motifs is 1. The van der Waals surface area contributed by atoms with Crippen LogP contribution in [0.1, 0.15) is 26.2 Å². The standard InChI is InChI=1S/C14H20N2O/c1-11-10-15-13-6-5-12(9-14(13)17-11)16-7-3-2-4-8-16/h5-6,9,11,15H,2-4,7-8,10H2,1H3. The fourth-order valence-corrected chi connectivity index (χ4v) is 2.62. The van der Waals surface area contributed by atoms with Gasteiger partial charge in [-0.15, -0.1) is 0 Å². The van der Waals surface area contributed by atoms with E-state index in [2.05, 4.69) is 35.3 Å². The van der Waals surface area contributed by atoms with Gasteiger partial charge in [-0.25, -0.2) is 0 Å². The minimum atomic E-state index is 0.263. The monoisotopic (exact) mass is 232 g/mol. The number of nitrogens with one attached hydrogen (secondary N) is 1. The smallest absolute Gasteiger partial charge is 0.144 e. The molecule has 2 heterocycles. The number of rotatable bonds is 1. The van der Waals surface area contributed by atoms with Crippen LogP contribution < -0.4 is 15.0 Å². The highest BCUT2D eigenvalue weighted by atomic mass is 16.5. The minimum absolute atomic E-state index is 0.263. The maximum Gasteiger partial charge on any atom is 0.144 e. The van der Waals surface area contributed by atoms with Gasteiger partial charge in [0.15, 0.2) is 0 Å². The zero-order chi connectivity index (χ0) is 11.7. The Morgan fingerprint density at radius 3 is 2.88 bits per heavy atom. The number of anilines is 2. The van der Waals surface area contributed by atoms with Gasteiger partial charge in [-0.1, -0.05) is 0 Å². The molecular formula is C14H20N2O. The predicted molar refractivity (Wildman–Crippen MR) is 71.1 cm³/mol. The van der Waals surface area contributed by atoms with E-state index in [4.69, 9.17) is 4.74 Å². The molecule has 1 aromatic carbocycles. The van der Waals surface area contributed by atoms with Crippen LogP contribution in [-0.4, -0.2) is 25.7 Å². The number of hydrogen-bond acceptors (Lipinski definition) is 3. The van der Waals surface area contributed by atoms with Crippen LogP contribution in [0.15, 0.2) is 18.2 Å². The van der Waals surface area contributed by atoms with Gasteiger partial charge in [0.05, 0.1) is 12.2 Å². The van der Waals surface area contributed by atoms with Crippen molar-refractivity contribution in [3.63, 3.8) is 0 Å². The minimum Gasteiger partial charge on any atom is -0.487 e. The van der Waals surface area contributed by atoms with E-state index in [9.17, 15) is 0 Å². The van der Waals surface area contributed by atoms with Crippen molar-refractivity contribution in [1.82, 2.24) is 0 Å². The first-order valence-electron chi connectivity index (χ1n) is 6.62. The summed E-state index contributed by atoms with van der Waals surface area (Å²) < 4.78 is 5.87. The molecule has 0 spiro atoms. The Morgan fingerprint density at radius 2 is 2.06 bits per heavy atom. The topological polar surface area (TPSA) is 24.5 Å². The average Bonchev–Trinajstić information content (AvgIpc) is 2.39. The van der Waals surface area contributed by atoms with Gasteiger partial charge in [-0.05, 0) is 38.3 Å². The molecule has 1 atom stereocenters. The van der Waals surface area contributed by atoms with Crippen molar-refractivity contribution in [2.24, 2.45) is 0 Å². The molecule has 17 heavy (non-hydrogen) atoms. The lowest BCUT2D eigenvalue weighted by atomic mass is 10.1. The second-order valence-electron chi connectivity index (χ2n) is 5.04. The Morgan fingerprint density at radius 1 is 1.24 bits per heavy atom. The van der Waals surface area contributed by atoms with Crippen LogP contribution in [0.4, 0.5) is 11.4 Å². The molecule has 3 nitrogen and oxygen atoms in total. The van der Waals surface area contributed by atoms with Crippen molar-refractivity contribution in [3.05, 3.63) is 18.2 Å². The molecule has 1 aromatic rings. The van der Waals surface area contributed by atoms with Crippen LogP contribution >= 0.6 is 0 Å². The largest absolute Gasteiger partial charge is 0.487 e. The number of ether oxygens (including phenoxy) is 1. The third-order valence-electron chi connectivity index (χ3n) is 3.59. The first kappa shape index (κ1) is 10.8. The molecule has 1 fully saturated rings. The summed E-state index contributed by atoms with van der Waals surface area (Å²) >= 11 is 0. The van der Waals surface area contributed by atoms with Gasteiger partial charge in [-0.2, -0.15) is 0 Å². The SMILES string of the molecule is CC1CNc2ccc(N3CCCCC3)cc2O1. The van der Waals surface area contributed by atoms with Crippen LogP contribution in [0, 0.1) is 0 Å². The Balaban J connectivity index is 1.84. The van der Waals surface area contributed by atoms with E-state index in [0.29, 0.717) is 0 Å². The quantitative estimate of drug-likeness (QED) is 0.805. The molecule has 92 valence electrons. The van der Waals surface area contributed by atoms with Gasteiger partial charge in [0, 0.05) is 24.8 Å². The molecule has 0 radical (unpaired) electrons. The fourth-order valence-electron chi connectivity index (χ4n) is 2.62. The molecule has 2 aliphatic rings. The number of piperidine rings is 1. The van der Waals surface area contributed by atoms with Gasteiger partial charge >= 0.3 is 0 Å². The highest BCUT2D eigenvalue weighted by molar-refractivity contribution is 5.65. The van der Waals surface area contributed by atoms with Crippen molar-refractivity contribution in [1.29, 1.82) is 0 Å². The number of benzene rings is 1. The molecule has 3 rings (SSSR count). The number of hydrogen-bond donors (Lipinski definition) is 1. The highest BCUT2D eigenvalue weighted by Gasteiger charge is 2.18. The number of nitrogens with zero attached hydrogens (tertiary/aromatic N) is 1. The maximum absolute atomic E-state index is 5.87. The zero-order valence-electron chi connectivity index (χ0n) is 10.4. The summed E-state index contributed by atoms with van der Waals surface area (Å²) in [5.74, 6) is 1.01. The third kappa shape index (κ3) is 2.19. The van der Waals surface area contributed by atoms with E-state index in [1.807, 2.05) is 0 Å². The molecule has 1 unspecified atom stereocenters. The summed E-state index contributed by atoms with van der Waals surface area (Å²) in [5.41, 5.74) is 2.43. The summed E-state index contributed by atoms with van der Waals surface area (Å²) in [5, 5.41) is 3.40. The van der Waals surface area contributed by atoms with Crippen molar-refractivity contribution in [2.45, 2.75) is 32.3 Å². The molecule has 1 N–H and O–H groups in total. The molecule has 0 amide bonds. The summed E-state index contributed by atoms with van der Waals surface area (Å²) in [6.07, 6.45) is 4.26. The van der Waals surface area contributed by atoms with Crippen molar-refractivity contribution >= 4 is 11.4 Å². The Kier molecular flexibility index (Phi) is 2.83. The lowest BCUT2D eigenvalue weighted by molar-refractivity contribution is 0.226. The Labute approximate surface area is 103 Å². The van der Waals surface area contributed by atoms with Crippen LogP contribution in [0.5, 0.6) is 5.75 Å². The lowest BCUT2D eigenvalue weighted by Crippen LogP contribution is -2.30. The summed E-state index contributed by atoms with van der Waals surface area (Å²) in [6.45, 7) is 5.36. The van der Waals surface area contributed by atoms with E-state index in [1.54, 1.807) is 0 Å². The highest BCUT2D eigenvalue weighted by Crippen LogP contribution is 2.33. The second-order valence-corrected chi connectivity index (χ2v) is 5.04. The summed E-state index contributed by atoms with van der Waals surface area (Å²) in [4.78, 5) is 2.46. The molecule has 1 saturated heterocycles. The molecule has 0 aliphatic carbocycles. The molecule has 0 saturated carbocycles. The van der Waals surface area contributed by atoms with Gasteiger partial charge in [0.1, 0.15) is 11.9 Å². The van der Waals surface area contributed by atoms with Crippen LogP contribution in [0.2, 0.25) is 0 Å². The Hall–Kier alpha value is -1.38. The fraction of sp³-hybridized carbons (Fsp3) is 0.571. The van der Waals surface area contributed by atoms with E-state index in [0.717, 1.165) is 18.0 Å². The normalized spacial score (nSPS) is 23.6. The van der Waals surface area contributed by atoms with Crippen LogP contribution in [-0.2, 0) is 0 Å². The third-order valence-corrected chi connectivity index (χ3v) is 3.59. The summed E-state index contributed by atoms with van der Waals surface area (Å²) in [7, 11) is 0. The molecule has 0 bridgehead atoms. The van der Waals surface area contributed by atoms with Gasteiger partial charge in [0.2, 0.25) is 0 Å². The first-order chi connectivity index (χ1) is 8.33. The lowest BCUT2D eigenvalue weighted by Gasteiger charge is -2.31. The second kappa shape index (κ2) is 4.47. The average molecular weight is 232 g/mol. The molecule has 2 aliphatic heterocycles. The first-order valence-corrected chi connectivity index (χ1v) is 6.62. The predicted octanol–water partition coefficient (Wildman–Crippen LogP) is 2.87. The van der Waals surface area contributed by atoms with Crippen LogP contribution in [0.25, 0.3) is 0 Å². The maximum atomic E-state index is 5.87. The van der Waals surface area contributed by atoms with Gasteiger partial charge in [-0.3, -0.25) is 0 Å². The van der Waals surface area contributed by atoms with E-state index < -0.39 is 0 Å². The van der Waals surface area contributed by atoms with Crippen molar-refractivity contribution < 1.29 is 4.74 Å². The molecule has 3 heteroatoms. The summed E-state index contributed by atoms with van der Waals surface area (Å²) in [6, 6.07) is 6.53. The van der Waals surface area contributed by atoms with Crippen LogP contribution in [0.3, 0.4) is 0 Å². The van der Waals surface area contributed by atoms with E-state index >= 15 is 0 Å². The van der Waals surface area contributed by atoms with Gasteiger partial charge in [0.25, 0.3) is 0 Å². The van der Waals surface area contributed by atoms with Gasteiger partial charge < -0.3 is 15.0 Å². The molecular weight excluding hydrogens is 212 g/mol.